The van der Waals surface area contributed by atoms with E-state index in [-0.39, 0.29) is 17.8 Å². The summed E-state index contributed by atoms with van der Waals surface area (Å²) in [6, 6.07) is 7.46. The lowest BCUT2D eigenvalue weighted by Crippen LogP contribution is -2.43. The molecule has 0 radical (unpaired) electrons. The Balaban J connectivity index is 1.79. The Hall–Kier alpha value is -3.09. The number of dihydropyridines is 1. The first-order valence-corrected chi connectivity index (χ1v) is 12.6. The highest BCUT2D eigenvalue weighted by Gasteiger charge is 2.47. The summed E-state index contributed by atoms with van der Waals surface area (Å²) in [5, 5.41) is 3.32. The van der Waals surface area contributed by atoms with Crippen molar-refractivity contribution in [1.82, 2.24) is 5.32 Å². The normalized spacial score (nSPS) is 25.0. The topological polar surface area (TPSA) is 90.9 Å². The van der Waals surface area contributed by atoms with E-state index in [1.54, 1.807) is 0 Å². The summed E-state index contributed by atoms with van der Waals surface area (Å²) in [7, 11) is 1.30. The zero-order valence-corrected chi connectivity index (χ0v) is 21.0. The third-order valence-corrected chi connectivity index (χ3v) is 7.29. The number of carbonyl (C=O) groups excluding carboxylic acids is 3. The minimum absolute atomic E-state index is 0.118. The molecule has 188 valence electrons. The summed E-state index contributed by atoms with van der Waals surface area (Å²) in [6.45, 7) is 6.13. The number of nitrogens with one attached hydrogen (secondary N) is 1. The fourth-order valence-electron chi connectivity index (χ4n) is 5.63. The van der Waals surface area contributed by atoms with E-state index in [0.29, 0.717) is 35.6 Å². The Morgan fingerprint density at radius 1 is 1.14 bits per heavy atom. The fraction of sp³-hybridized carbons (Fsp3) is 0.536. The Kier molecular flexibility index (Phi) is 7.63. The summed E-state index contributed by atoms with van der Waals surface area (Å²) in [6.07, 6.45) is 5.33. The van der Waals surface area contributed by atoms with Gasteiger partial charge in [0.25, 0.3) is 0 Å². The van der Waals surface area contributed by atoms with Crippen molar-refractivity contribution in [1.29, 1.82) is 0 Å². The van der Waals surface area contributed by atoms with Crippen LogP contribution in [0, 0.1) is 11.8 Å². The fourth-order valence-corrected chi connectivity index (χ4v) is 5.63. The van der Waals surface area contributed by atoms with E-state index in [1.165, 1.54) is 7.11 Å². The largest absolute Gasteiger partial charge is 0.494 e. The van der Waals surface area contributed by atoms with Gasteiger partial charge in [-0.1, -0.05) is 25.5 Å². The predicted molar refractivity (Wildman–Crippen MR) is 130 cm³/mol. The van der Waals surface area contributed by atoms with E-state index >= 15 is 0 Å². The molecule has 35 heavy (non-hydrogen) atoms. The van der Waals surface area contributed by atoms with Gasteiger partial charge >= 0.3 is 11.9 Å². The maximum atomic E-state index is 13.8. The molecule has 0 amide bonds. The maximum Gasteiger partial charge on any atom is 0.337 e. The molecule has 0 saturated heterocycles. The number of benzene rings is 1. The van der Waals surface area contributed by atoms with E-state index in [2.05, 4.69) is 5.32 Å². The van der Waals surface area contributed by atoms with Crippen LogP contribution < -0.4 is 10.1 Å². The minimum Gasteiger partial charge on any atom is -0.494 e. The van der Waals surface area contributed by atoms with Crippen LogP contribution in [-0.4, -0.2) is 37.5 Å². The van der Waals surface area contributed by atoms with Crippen molar-refractivity contribution in [3.63, 3.8) is 0 Å². The second-order valence-electron chi connectivity index (χ2n) is 9.71. The minimum atomic E-state index is -0.910. The summed E-state index contributed by atoms with van der Waals surface area (Å²) < 4.78 is 16.7. The second-order valence-corrected chi connectivity index (χ2v) is 9.71. The zero-order chi connectivity index (χ0) is 25.1. The first kappa shape index (κ1) is 25.0. The Morgan fingerprint density at radius 3 is 2.57 bits per heavy atom. The van der Waals surface area contributed by atoms with Crippen molar-refractivity contribution in [2.75, 3.05) is 13.7 Å². The van der Waals surface area contributed by atoms with Gasteiger partial charge in [0.2, 0.25) is 0 Å². The molecule has 0 bridgehead atoms. The average molecular weight is 482 g/mol. The van der Waals surface area contributed by atoms with Gasteiger partial charge in [-0.2, -0.15) is 0 Å². The van der Waals surface area contributed by atoms with Gasteiger partial charge in [-0.05, 0) is 69.6 Å². The van der Waals surface area contributed by atoms with Crippen molar-refractivity contribution in [2.24, 2.45) is 11.8 Å². The van der Waals surface area contributed by atoms with Crippen LogP contribution in [-0.2, 0) is 23.9 Å². The lowest BCUT2D eigenvalue weighted by molar-refractivity contribution is -0.151. The number of carbonyl (C=O) groups is 3. The van der Waals surface area contributed by atoms with Crippen LogP contribution in [0.1, 0.15) is 70.8 Å². The molecule has 1 N–H and O–H groups in total. The van der Waals surface area contributed by atoms with Gasteiger partial charge in [-0.15, -0.1) is 0 Å². The van der Waals surface area contributed by atoms with E-state index in [4.69, 9.17) is 14.2 Å². The third-order valence-electron chi connectivity index (χ3n) is 7.29. The van der Waals surface area contributed by atoms with Crippen LogP contribution in [0.15, 0.2) is 46.8 Å². The van der Waals surface area contributed by atoms with Gasteiger partial charge < -0.3 is 19.5 Å². The first-order chi connectivity index (χ1) is 16.8. The van der Waals surface area contributed by atoms with E-state index in [0.717, 1.165) is 43.4 Å². The number of Topliss-reactive ketones (excluding diaryl/α,β-unsaturated/α-hetero) is 1. The van der Waals surface area contributed by atoms with Crippen LogP contribution >= 0.6 is 0 Å². The highest BCUT2D eigenvalue weighted by molar-refractivity contribution is 6.12. The first-order valence-electron chi connectivity index (χ1n) is 12.6. The number of rotatable bonds is 6. The molecule has 1 aromatic carbocycles. The van der Waals surface area contributed by atoms with Crippen molar-refractivity contribution in [2.45, 2.75) is 71.3 Å². The van der Waals surface area contributed by atoms with Gasteiger partial charge in [0, 0.05) is 22.9 Å². The molecule has 1 aromatic rings. The van der Waals surface area contributed by atoms with Crippen LogP contribution in [0.4, 0.5) is 0 Å². The molecule has 1 heterocycles. The molecule has 1 saturated carbocycles. The van der Waals surface area contributed by atoms with Crippen LogP contribution in [0.2, 0.25) is 0 Å². The molecule has 0 spiro atoms. The molecule has 7 nitrogen and oxygen atoms in total. The second kappa shape index (κ2) is 10.7. The van der Waals surface area contributed by atoms with E-state index < -0.39 is 23.8 Å². The Morgan fingerprint density at radius 2 is 1.89 bits per heavy atom. The lowest BCUT2D eigenvalue weighted by atomic mass is 9.69. The number of hydrogen-bond donors (Lipinski definition) is 1. The molecular formula is C28H35NO6. The van der Waals surface area contributed by atoms with E-state index in [1.807, 2.05) is 45.0 Å². The smallest absolute Gasteiger partial charge is 0.337 e. The molecular weight excluding hydrogens is 446 g/mol. The number of ether oxygens (including phenoxy) is 3. The maximum absolute atomic E-state index is 13.8. The number of methoxy groups -OCH3 is 1. The van der Waals surface area contributed by atoms with Gasteiger partial charge in [-0.25, -0.2) is 4.79 Å². The van der Waals surface area contributed by atoms with Crippen molar-refractivity contribution < 1.29 is 28.6 Å². The summed E-state index contributed by atoms with van der Waals surface area (Å²) in [4.78, 5) is 40.0. The van der Waals surface area contributed by atoms with E-state index in [9.17, 15) is 14.4 Å². The van der Waals surface area contributed by atoms with Crippen molar-refractivity contribution in [3.8, 4) is 5.75 Å². The quantitative estimate of drug-likeness (QED) is 0.470. The third kappa shape index (κ3) is 5.00. The number of allylic oxidation sites excluding steroid dienone is 3. The van der Waals surface area contributed by atoms with Gasteiger partial charge in [0.1, 0.15) is 17.8 Å². The number of ketones is 1. The van der Waals surface area contributed by atoms with Crippen LogP contribution in [0.5, 0.6) is 5.75 Å². The van der Waals surface area contributed by atoms with Crippen LogP contribution in [0.25, 0.3) is 0 Å². The Labute approximate surface area is 206 Å². The number of hydrogen-bond acceptors (Lipinski definition) is 7. The molecule has 1 fully saturated rings. The Bertz CT molecular complexity index is 1060. The average Bonchev–Trinajstić information content (AvgIpc) is 2.84. The number of esters is 2. The predicted octanol–water partition coefficient (Wildman–Crippen LogP) is 4.57. The molecule has 4 rings (SSSR count). The van der Waals surface area contributed by atoms with Gasteiger partial charge in [-0.3, -0.25) is 9.59 Å². The monoisotopic (exact) mass is 481 g/mol. The molecule has 0 aromatic heterocycles. The van der Waals surface area contributed by atoms with Crippen molar-refractivity contribution in [3.05, 3.63) is 52.4 Å². The SMILES string of the molecule is CCOc1cccc([C@H]2C(C(=O)OC3CCCCC3)=C(C)NC3=C2C(=O)[C@@H](C(=O)OC)[C@@H](C)C3)c1. The molecule has 1 aliphatic heterocycles. The van der Waals surface area contributed by atoms with Crippen LogP contribution in [0.3, 0.4) is 0 Å². The highest BCUT2D eigenvalue weighted by atomic mass is 16.5. The summed E-state index contributed by atoms with van der Waals surface area (Å²) in [5.74, 6) is -2.40. The van der Waals surface area contributed by atoms with Gasteiger partial charge in [0.05, 0.1) is 19.3 Å². The summed E-state index contributed by atoms with van der Waals surface area (Å²) >= 11 is 0. The highest BCUT2D eigenvalue weighted by Crippen LogP contribution is 2.46. The lowest BCUT2D eigenvalue weighted by Gasteiger charge is -2.38. The summed E-state index contributed by atoms with van der Waals surface area (Å²) in [5.41, 5.74) is 3.03. The molecule has 7 heteroatoms. The molecule has 0 unspecified atom stereocenters. The zero-order valence-electron chi connectivity index (χ0n) is 21.0. The molecule has 2 aliphatic carbocycles. The standard InChI is InChI=1S/C28H35NO6/c1-5-34-20-13-9-10-18(15-20)24-23(28(32)35-19-11-7-6-8-12-19)17(3)29-21-14-16(2)22(27(31)33-4)26(30)25(21)24/h9-10,13,15-16,19,22,24,29H,5-8,11-12,14H2,1-4H3/t16-,22-,24-/m0/s1. The van der Waals surface area contributed by atoms with Gasteiger partial charge in [0.15, 0.2) is 5.78 Å². The van der Waals surface area contributed by atoms with Crippen molar-refractivity contribution >= 4 is 17.7 Å². The molecule has 3 atom stereocenters. The molecule has 3 aliphatic rings.